The zero-order valence-electron chi connectivity index (χ0n) is 11.6. The number of thioether (sulfide) groups is 1. The molecule has 0 radical (unpaired) electrons. The van der Waals surface area contributed by atoms with Gasteiger partial charge in [0.25, 0.3) is 9.84 Å². The smallest absolute Gasteiger partial charge is 0.370 e. The molecule has 3 heterocycles. The molecule has 0 unspecified atom stereocenters. The summed E-state index contributed by atoms with van der Waals surface area (Å²) < 4.78 is 4.01. The molecule has 0 fully saturated rings. The van der Waals surface area contributed by atoms with E-state index in [1.165, 1.54) is 4.90 Å². The minimum Gasteiger partial charge on any atom is -0.477 e. The zero-order chi connectivity index (χ0) is 16.0. The topological polar surface area (TPSA) is 53.2 Å². The van der Waals surface area contributed by atoms with Crippen molar-refractivity contribution < 1.29 is 14.5 Å². The predicted molar refractivity (Wildman–Crippen MR) is 99.1 cm³/mol. The third-order valence-electron chi connectivity index (χ3n) is 3.30. The highest BCUT2D eigenvalue weighted by Gasteiger charge is 2.25. The summed E-state index contributed by atoms with van der Waals surface area (Å²) in [5.74, 6) is -0.831. The van der Waals surface area contributed by atoms with Crippen LogP contribution >= 0.6 is 50.4 Å². The second-order valence-corrected chi connectivity index (χ2v) is 8.84. The molecule has 4 rings (SSSR count). The first kappa shape index (κ1) is 15.2. The second kappa shape index (κ2) is 5.94. The van der Waals surface area contributed by atoms with Crippen LogP contribution in [0.2, 0.25) is 0 Å². The number of anilines is 1. The van der Waals surface area contributed by atoms with Crippen LogP contribution in [0.1, 0.15) is 5.01 Å². The molecule has 0 aliphatic carbocycles. The Kier molecular flexibility index (Phi) is 3.92. The van der Waals surface area contributed by atoms with Gasteiger partial charge in [-0.15, -0.1) is 0 Å². The normalized spacial score (nSPS) is 15.1. The van der Waals surface area contributed by atoms with E-state index in [9.17, 15) is 9.90 Å². The van der Waals surface area contributed by atoms with Gasteiger partial charge in [0.2, 0.25) is 6.54 Å². The number of thiazole rings is 1. The molecular formula is C15H10BrN2O2S3+. The van der Waals surface area contributed by atoms with Crippen molar-refractivity contribution in [2.75, 3.05) is 5.32 Å². The number of aromatic nitrogens is 1. The first-order chi connectivity index (χ1) is 11.1. The maximum absolute atomic E-state index is 11.2. The van der Waals surface area contributed by atoms with Gasteiger partial charge in [-0.05, 0) is 29.6 Å². The van der Waals surface area contributed by atoms with E-state index in [1.54, 1.807) is 34.4 Å². The second-order valence-electron chi connectivity index (χ2n) is 4.89. The molecule has 116 valence electrons. The molecule has 0 saturated carbocycles. The Hall–Kier alpha value is -1.35. The number of carboxylic acid groups (broad SMARTS) is 1. The minimum absolute atomic E-state index is 0.0250. The first-order valence-corrected chi connectivity index (χ1v) is 9.98. The minimum atomic E-state index is -0.831. The Morgan fingerprint density at radius 2 is 2.26 bits per heavy atom. The Morgan fingerprint density at radius 3 is 3.09 bits per heavy atom. The van der Waals surface area contributed by atoms with Crippen molar-refractivity contribution in [1.29, 1.82) is 0 Å². The number of halogens is 1. The molecule has 0 amide bonds. The lowest BCUT2D eigenvalue weighted by Gasteiger charge is -1.98. The van der Waals surface area contributed by atoms with Crippen molar-refractivity contribution in [2.45, 2.75) is 11.4 Å². The van der Waals surface area contributed by atoms with Crippen LogP contribution in [0.5, 0.6) is 0 Å². The van der Waals surface area contributed by atoms with Crippen molar-refractivity contribution >= 4 is 77.6 Å². The molecule has 0 spiro atoms. The number of carbonyl (C=O) groups is 1. The van der Waals surface area contributed by atoms with Gasteiger partial charge in [0, 0.05) is 9.37 Å². The van der Waals surface area contributed by atoms with Gasteiger partial charge in [-0.2, -0.15) is 4.57 Å². The fraction of sp³-hybridized carbons (Fsp3) is 0.0667. The molecule has 1 aromatic carbocycles. The molecule has 8 heteroatoms. The van der Waals surface area contributed by atoms with Crippen LogP contribution in [0, 0.1) is 0 Å². The zero-order valence-corrected chi connectivity index (χ0v) is 15.6. The molecule has 2 N–H and O–H groups in total. The van der Waals surface area contributed by atoms with Gasteiger partial charge in [0.15, 0.2) is 0 Å². The van der Waals surface area contributed by atoms with Crippen LogP contribution in [0.25, 0.3) is 15.6 Å². The molecule has 23 heavy (non-hydrogen) atoms. The van der Waals surface area contributed by atoms with E-state index in [0.717, 1.165) is 29.7 Å². The van der Waals surface area contributed by atoms with Crippen molar-refractivity contribution in [3.05, 3.63) is 44.2 Å². The van der Waals surface area contributed by atoms with Crippen LogP contribution < -0.4 is 9.88 Å². The lowest BCUT2D eigenvalue weighted by molar-refractivity contribution is -0.655. The molecular weight excluding hydrogens is 416 g/mol. The standard InChI is InChI=1S/C15H9BrN2O2S3/c16-8-1-2-10-9(5-8)17-12(22-10)6-13-18(7-14(19)20)15-11(23-13)3-4-21-15/h1-6H,7H2,(H,19,20)/p+1. The number of nitrogens with zero attached hydrogens (tertiary/aromatic N) is 1. The van der Waals surface area contributed by atoms with Crippen LogP contribution in [-0.4, -0.2) is 11.1 Å². The molecule has 3 aromatic rings. The van der Waals surface area contributed by atoms with E-state index in [0.29, 0.717) is 0 Å². The fourth-order valence-corrected chi connectivity index (χ4v) is 5.95. The molecule has 1 aliphatic heterocycles. The van der Waals surface area contributed by atoms with Gasteiger partial charge in [-0.3, -0.25) is 0 Å². The van der Waals surface area contributed by atoms with E-state index in [2.05, 4.69) is 27.3 Å². The Morgan fingerprint density at radius 1 is 1.39 bits per heavy atom. The summed E-state index contributed by atoms with van der Waals surface area (Å²) in [7, 11) is 0. The molecule has 2 aromatic heterocycles. The number of benzene rings is 1. The summed E-state index contributed by atoms with van der Waals surface area (Å²) >= 11 is 8.32. The van der Waals surface area contributed by atoms with E-state index < -0.39 is 5.97 Å². The van der Waals surface area contributed by atoms with Crippen LogP contribution in [0.4, 0.5) is 5.69 Å². The monoisotopic (exact) mass is 425 g/mol. The Balaban J connectivity index is 1.73. The van der Waals surface area contributed by atoms with Crippen molar-refractivity contribution in [3.8, 4) is 0 Å². The van der Waals surface area contributed by atoms with Gasteiger partial charge in [0.05, 0.1) is 16.8 Å². The van der Waals surface area contributed by atoms with E-state index in [1.807, 2.05) is 34.2 Å². The average Bonchev–Trinajstić information content (AvgIpc) is 3.15. The number of aliphatic carboxylic acids is 1. The number of hydrogen-bond donors (Lipinski definition) is 2. The quantitative estimate of drug-likeness (QED) is 0.601. The highest BCUT2D eigenvalue weighted by atomic mass is 79.9. The van der Waals surface area contributed by atoms with Crippen molar-refractivity contribution in [3.63, 3.8) is 0 Å². The third-order valence-corrected chi connectivity index (χ3v) is 6.97. The summed E-state index contributed by atoms with van der Waals surface area (Å²) in [4.78, 5) is 13.4. The summed E-state index contributed by atoms with van der Waals surface area (Å²) in [5, 5.41) is 16.5. The number of thiophene rings is 1. The average molecular weight is 426 g/mol. The van der Waals surface area contributed by atoms with Gasteiger partial charge in [-0.25, -0.2) is 4.79 Å². The maximum atomic E-state index is 11.2. The van der Waals surface area contributed by atoms with Crippen LogP contribution in [-0.2, 0) is 11.3 Å². The van der Waals surface area contributed by atoms with E-state index in [4.69, 9.17) is 0 Å². The lowest BCUT2D eigenvalue weighted by atomic mass is 10.3. The largest absolute Gasteiger partial charge is 0.477 e. The first-order valence-electron chi connectivity index (χ1n) is 6.68. The lowest BCUT2D eigenvalue weighted by Crippen LogP contribution is -2.38. The Bertz CT molecular complexity index is 961. The van der Waals surface area contributed by atoms with E-state index >= 15 is 0 Å². The maximum Gasteiger partial charge on any atom is 0.370 e. The summed E-state index contributed by atoms with van der Waals surface area (Å²) in [6, 6.07) is 8.16. The number of fused-ring (bicyclic) bond motifs is 2. The molecule has 0 saturated heterocycles. The summed E-state index contributed by atoms with van der Waals surface area (Å²) in [6.45, 7) is -0.0250. The number of rotatable bonds is 3. The van der Waals surface area contributed by atoms with Gasteiger partial charge in [0.1, 0.15) is 4.70 Å². The van der Waals surface area contributed by atoms with Gasteiger partial charge < -0.3 is 10.4 Å². The molecule has 0 bridgehead atoms. The van der Waals surface area contributed by atoms with Crippen molar-refractivity contribution in [2.24, 2.45) is 0 Å². The Labute approximate surface area is 152 Å². The predicted octanol–water partition coefficient (Wildman–Crippen LogP) is 4.61. The fourth-order valence-electron chi connectivity index (χ4n) is 2.37. The number of nitrogens with one attached hydrogen (secondary N) is 1. The molecule has 0 atom stereocenters. The van der Waals surface area contributed by atoms with Gasteiger partial charge in [-0.1, -0.05) is 50.4 Å². The highest BCUT2D eigenvalue weighted by Crippen LogP contribution is 2.43. The number of carboxylic acids is 1. The van der Waals surface area contributed by atoms with Crippen molar-refractivity contribution in [1.82, 2.24) is 0 Å². The SMILES string of the molecule is O=C(O)C[n+]1c(/C=C2/Nc3cc(Br)ccc3S2)sc2ccsc21. The third kappa shape index (κ3) is 2.91. The summed E-state index contributed by atoms with van der Waals surface area (Å²) in [6.07, 6.45) is 2.03. The van der Waals surface area contributed by atoms with Crippen LogP contribution in [0.3, 0.4) is 0 Å². The van der Waals surface area contributed by atoms with Gasteiger partial charge >= 0.3 is 5.97 Å². The molecule has 4 nitrogen and oxygen atoms in total. The highest BCUT2D eigenvalue weighted by molar-refractivity contribution is 9.10. The summed E-state index contributed by atoms with van der Waals surface area (Å²) in [5.41, 5.74) is 1.07. The molecule has 1 aliphatic rings. The van der Waals surface area contributed by atoms with E-state index in [-0.39, 0.29) is 6.54 Å². The van der Waals surface area contributed by atoms with Crippen LogP contribution in [0.15, 0.2) is 44.0 Å². The number of hydrogen-bond acceptors (Lipinski definition) is 5.